The Bertz CT molecular complexity index is 1130. The van der Waals surface area contributed by atoms with E-state index in [1.54, 1.807) is 48.5 Å². The number of anilines is 2. The minimum absolute atomic E-state index is 0.195. The third-order valence-corrected chi connectivity index (χ3v) is 6.41. The first-order chi connectivity index (χ1) is 14.4. The van der Waals surface area contributed by atoms with Crippen molar-refractivity contribution < 1.29 is 14.4 Å². The molecule has 0 atom stereocenters. The first-order valence-electron chi connectivity index (χ1n) is 9.15. The first kappa shape index (κ1) is 20.6. The first-order valence-corrected chi connectivity index (χ1v) is 10.8. The number of hydrogen-bond donors (Lipinski definition) is 1. The molecule has 30 heavy (non-hydrogen) atoms. The van der Waals surface area contributed by atoms with Gasteiger partial charge in [0.2, 0.25) is 5.91 Å². The largest absolute Gasteiger partial charge is 0.324 e. The molecule has 9 heteroatoms. The molecule has 1 saturated heterocycles. The summed E-state index contributed by atoms with van der Waals surface area (Å²) in [4.78, 5) is 41.8. The Hall–Kier alpha value is -2.68. The molecule has 4 rings (SSSR count). The third-order valence-electron chi connectivity index (χ3n) is 4.73. The zero-order valence-corrected chi connectivity index (χ0v) is 18.2. The van der Waals surface area contributed by atoms with Crippen LogP contribution in [0.3, 0.4) is 0 Å². The minimum atomic E-state index is -0.394. The van der Waals surface area contributed by atoms with Gasteiger partial charge in [0, 0.05) is 22.8 Å². The molecule has 2 aromatic carbocycles. The van der Waals surface area contributed by atoms with E-state index in [2.05, 4.69) is 5.32 Å². The fraction of sp³-hybridized carbons (Fsp3) is 0.143. The van der Waals surface area contributed by atoms with Gasteiger partial charge in [-0.2, -0.15) is 0 Å². The van der Waals surface area contributed by atoms with Gasteiger partial charge in [-0.1, -0.05) is 59.8 Å². The van der Waals surface area contributed by atoms with E-state index in [9.17, 15) is 14.4 Å². The molecule has 0 radical (unpaired) electrons. The molecule has 0 saturated carbocycles. The summed E-state index contributed by atoms with van der Waals surface area (Å²) in [6.45, 7) is 2.07. The van der Waals surface area contributed by atoms with Gasteiger partial charge in [-0.3, -0.25) is 24.2 Å². The van der Waals surface area contributed by atoms with E-state index in [4.69, 9.17) is 23.8 Å². The van der Waals surface area contributed by atoms with E-state index >= 15 is 0 Å². The number of thiocarbonyl (C=S) groups is 1. The SMILES string of the molecule is CCN1C(=O)/C(=C2\C(=O)N(CC(=O)Nc3cccc(Cl)c3)c3ccccc32)SC1=S. The molecule has 1 fully saturated rings. The third kappa shape index (κ3) is 3.62. The van der Waals surface area contributed by atoms with Crippen molar-refractivity contribution in [3.63, 3.8) is 0 Å². The molecule has 0 unspecified atom stereocenters. The summed E-state index contributed by atoms with van der Waals surface area (Å²) in [6.07, 6.45) is 0. The monoisotopic (exact) mass is 457 g/mol. The highest BCUT2D eigenvalue weighted by Gasteiger charge is 2.41. The molecular formula is C21H16ClN3O3S2. The molecule has 3 amide bonds. The Morgan fingerprint density at radius 3 is 2.57 bits per heavy atom. The van der Waals surface area contributed by atoms with Crippen molar-refractivity contribution in [1.82, 2.24) is 4.90 Å². The lowest BCUT2D eigenvalue weighted by molar-refractivity contribution is -0.122. The maximum atomic E-state index is 13.3. The molecule has 0 bridgehead atoms. The van der Waals surface area contributed by atoms with Crippen LogP contribution in [0.15, 0.2) is 53.4 Å². The lowest BCUT2D eigenvalue weighted by Crippen LogP contribution is -2.35. The van der Waals surface area contributed by atoms with Crippen molar-refractivity contribution in [3.8, 4) is 0 Å². The lowest BCUT2D eigenvalue weighted by atomic mass is 10.1. The van der Waals surface area contributed by atoms with Crippen molar-refractivity contribution in [3.05, 3.63) is 64.0 Å². The second-order valence-electron chi connectivity index (χ2n) is 6.59. The number of amides is 3. The van der Waals surface area contributed by atoms with Gasteiger partial charge >= 0.3 is 0 Å². The highest BCUT2D eigenvalue weighted by Crippen LogP contribution is 2.44. The van der Waals surface area contributed by atoms with Crippen molar-refractivity contribution >= 4 is 74.6 Å². The number of nitrogens with one attached hydrogen (secondary N) is 1. The topological polar surface area (TPSA) is 69.7 Å². The Balaban J connectivity index is 1.66. The number of hydrogen-bond acceptors (Lipinski definition) is 5. The second-order valence-corrected chi connectivity index (χ2v) is 8.67. The number of thioether (sulfide) groups is 1. The molecule has 2 aromatic rings. The van der Waals surface area contributed by atoms with Gasteiger partial charge in [0.25, 0.3) is 11.8 Å². The number of para-hydroxylation sites is 1. The van der Waals surface area contributed by atoms with E-state index in [1.807, 2.05) is 6.92 Å². The van der Waals surface area contributed by atoms with Gasteiger partial charge in [0.05, 0.1) is 16.2 Å². The van der Waals surface area contributed by atoms with Crippen molar-refractivity contribution in [2.24, 2.45) is 0 Å². The van der Waals surface area contributed by atoms with Crippen LogP contribution >= 0.6 is 35.6 Å². The van der Waals surface area contributed by atoms with Gasteiger partial charge < -0.3 is 5.32 Å². The zero-order chi connectivity index (χ0) is 21.4. The molecule has 152 valence electrons. The van der Waals surface area contributed by atoms with Gasteiger partial charge in [-0.15, -0.1) is 0 Å². The van der Waals surface area contributed by atoms with Gasteiger partial charge in [0.15, 0.2) is 0 Å². The highest BCUT2D eigenvalue weighted by atomic mass is 35.5. The second kappa shape index (κ2) is 8.22. The number of likely N-dealkylation sites (N-methyl/N-ethyl adjacent to an activating group) is 1. The summed E-state index contributed by atoms with van der Waals surface area (Å²) in [7, 11) is 0. The molecule has 0 aliphatic carbocycles. The molecule has 1 N–H and O–H groups in total. The fourth-order valence-corrected chi connectivity index (χ4v) is 5.03. The van der Waals surface area contributed by atoms with Gasteiger partial charge in [-0.05, 0) is 31.2 Å². The maximum Gasteiger partial charge on any atom is 0.266 e. The standard InChI is InChI=1S/C21H16ClN3O3S2/c1-2-24-20(28)18(30-21(24)29)17-14-8-3-4-9-15(14)25(19(17)27)11-16(26)23-13-7-5-6-12(22)10-13/h3-10H,2,11H2,1H3,(H,23,26)/b18-17+. The molecule has 6 nitrogen and oxygen atoms in total. The number of benzene rings is 2. The van der Waals surface area contributed by atoms with Crippen LogP contribution in [0.25, 0.3) is 5.57 Å². The van der Waals surface area contributed by atoms with E-state index in [0.717, 1.165) is 11.8 Å². The predicted octanol–water partition coefficient (Wildman–Crippen LogP) is 3.92. The van der Waals surface area contributed by atoms with E-state index in [1.165, 1.54) is 9.80 Å². The zero-order valence-electron chi connectivity index (χ0n) is 15.8. The number of fused-ring (bicyclic) bond motifs is 1. The normalized spacial score (nSPS) is 18.3. The minimum Gasteiger partial charge on any atom is -0.324 e. The Morgan fingerprint density at radius 1 is 1.10 bits per heavy atom. The average molecular weight is 458 g/mol. The van der Waals surface area contributed by atoms with Crippen LogP contribution in [-0.4, -0.2) is 40.0 Å². The van der Waals surface area contributed by atoms with Crippen molar-refractivity contribution in [1.29, 1.82) is 0 Å². The number of rotatable bonds is 4. The fourth-order valence-electron chi connectivity index (χ4n) is 3.39. The van der Waals surface area contributed by atoms with Crippen LogP contribution in [-0.2, 0) is 14.4 Å². The number of carbonyl (C=O) groups excluding carboxylic acids is 3. The van der Waals surface area contributed by atoms with Crippen LogP contribution in [0.5, 0.6) is 0 Å². The molecule has 2 aliphatic heterocycles. The molecule has 0 aromatic heterocycles. The maximum absolute atomic E-state index is 13.3. The van der Waals surface area contributed by atoms with Crippen LogP contribution in [0.1, 0.15) is 12.5 Å². The molecule has 2 heterocycles. The Kier molecular flexibility index (Phi) is 5.64. The number of carbonyl (C=O) groups is 3. The quantitative estimate of drug-likeness (QED) is 0.556. The summed E-state index contributed by atoms with van der Waals surface area (Å²) < 4.78 is 0.424. The summed E-state index contributed by atoms with van der Waals surface area (Å²) in [5, 5.41) is 3.24. The molecular weight excluding hydrogens is 442 g/mol. The summed E-state index contributed by atoms with van der Waals surface area (Å²) >= 11 is 12.4. The average Bonchev–Trinajstić information content (AvgIpc) is 3.14. The van der Waals surface area contributed by atoms with E-state index in [-0.39, 0.29) is 23.9 Å². The van der Waals surface area contributed by atoms with Gasteiger partial charge in [0.1, 0.15) is 10.9 Å². The van der Waals surface area contributed by atoms with Crippen LogP contribution in [0, 0.1) is 0 Å². The van der Waals surface area contributed by atoms with Crippen LogP contribution in [0.2, 0.25) is 5.02 Å². The predicted molar refractivity (Wildman–Crippen MR) is 123 cm³/mol. The highest BCUT2D eigenvalue weighted by molar-refractivity contribution is 8.26. The molecule has 0 spiro atoms. The lowest BCUT2D eigenvalue weighted by Gasteiger charge is -2.17. The number of halogens is 1. The molecule has 2 aliphatic rings. The van der Waals surface area contributed by atoms with E-state index in [0.29, 0.717) is 37.7 Å². The van der Waals surface area contributed by atoms with Crippen molar-refractivity contribution in [2.75, 3.05) is 23.3 Å². The Morgan fingerprint density at radius 2 is 1.87 bits per heavy atom. The van der Waals surface area contributed by atoms with E-state index < -0.39 is 5.91 Å². The van der Waals surface area contributed by atoms with Crippen molar-refractivity contribution in [2.45, 2.75) is 6.92 Å². The smallest absolute Gasteiger partial charge is 0.266 e. The summed E-state index contributed by atoms with van der Waals surface area (Å²) in [6, 6.07) is 13.9. The summed E-state index contributed by atoms with van der Waals surface area (Å²) in [5.41, 5.74) is 2.03. The summed E-state index contributed by atoms with van der Waals surface area (Å²) in [5.74, 6) is -1.05. The van der Waals surface area contributed by atoms with Crippen LogP contribution < -0.4 is 10.2 Å². The number of nitrogens with zero attached hydrogens (tertiary/aromatic N) is 2. The Labute approximate surface area is 187 Å². The van der Waals surface area contributed by atoms with Gasteiger partial charge in [-0.25, -0.2) is 0 Å². The van der Waals surface area contributed by atoms with Crippen LogP contribution in [0.4, 0.5) is 11.4 Å².